The van der Waals surface area contributed by atoms with Gasteiger partial charge in [0.15, 0.2) is 0 Å². The molecule has 0 spiro atoms. The Morgan fingerprint density at radius 1 is 0.955 bits per heavy atom. The lowest BCUT2D eigenvalue weighted by Crippen LogP contribution is -2.45. The smallest absolute Gasteiger partial charge is 0.123 e. The van der Waals surface area contributed by atoms with E-state index in [0.29, 0.717) is 0 Å². The van der Waals surface area contributed by atoms with Crippen LogP contribution in [0.15, 0.2) is 42.5 Å². The molecule has 1 saturated heterocycles. The van der Waals surface area contributed by atoms with Gasteiger partial charge >= 0.3 is 0 Å². The first kappa shape index (κ1) is 15.2. The van der Waals surface area contributed by atoms with Gasteiger partial charge in [-0.05, 0) is 37.1 Å². The number of piperazine rings is 1. The molecular formula is C19H23FN2. The Hall–Kier alpha value is -1.71. The second kappa shape index (κ2) is 6.59. The maximum atomic E-state index is 13.7. The summed E-state index contributed by atoms with van der Waals surface area (Å²) in [7, 11) is 0. The lowest BCUT2D eigenvalue weighted by Gasteiger charge is -2.36. The van der Waals surface area contributed by atoms with E-state index in [2.05, 4.69) is 42.3 Å². The number of hydrogen-bond acceptors (Lipinski definition) is 2. The molecule has 0 aliphatic carbocycles. The zero-order chi connectivity index (χ0) is 15.5. The number of nitrogens with one attached hydrogen (secondary N) is 1. The molecule has 1 atom stereocenters. The Kier molecular flexibility index (Phi) is 4.55. The van der Waals surface area contributed by atoms with Crippen LogP contribution in [0.4, 0.5) is 4.39 Å². The van der Waals surface area contributed by atoms with Crippen LogP contribution < -0.4 is 5.32 Å². The van der Waals surface area contributed by atoms with Gasteiger partial charge < -0.3 is 5.32 Å². The van der Waals surface area contributed by atoms with E-state index in [4.69, 9.17) is 0 Å². The summed E-state index contributed by atoms with van der Waals surface area (Å²) in [5, 5.41) is 3.39. The standard InChI is InChI=1S/C19H23FN2/c1-14-10-15(2)12-17(11-14)19(22-8-6-21-7-9-22)16-4-3-5-18(20)13-16/h3-5,10-13,19,21H,6-9H2,1-2H3. The van der Waals surface area contributed by atoms with Crippen LogP contribution in [0.2, 0.25) is 0 Å². The molecule has 1 heterocycles. The lowest BCUT2D eigenvalue weighted by atomic mass is 9.93. The first-order chi connectivity index (χ1) is 10.6. The van der Waals surface area contributed by atoms with E-state index in [9.17, 15) is 4.39 Å². The highest BCUT2D eigenvalue weighted by Gasteiger charge is 2.24. The minimum atomic E-state index is -0.165. The molecule has 0 bridgehead atoms. The average Bonchev–Trinajstić information content (AvgIpc) is 2.48. The van der Waals surface area contributed by atoms with E-state index in [1.165, 1.54) is 22.8 Å². The van der Waals surface area contributed by atoms with Gasteiger partial charge in [-0.25, -0.2) is 4.39 Å². The third-order valence-corrected chi connectivity index (χ3v) is 4.24. The SMILES string of the molecule is Cc1cc(C)cc(C(c2cccc(F)c2)N2CCNCC2)c1. The van der Waals surface area contributed by atoms with Crippen molar-refractivity contribution in [3.8, 4) is 0 Å². The quantitative estimate of drug-likeness (QED) is 0.934. The van der Waals surface area contributed by atoms with Crippen LogP contribution in [0.3, 0.4) is 0 Å². The van der Waals surface area contributed by atoms with Crippen molar-refractivity contribution in [3.05, 3.63) is 70.5 Å². The highest BCUT2D eigenvalue weighted by Crippen LogP contribution is 2.30. The van der Waals surface area contributed by atoms with Crippen LogP contribution in [-0.2, 0) is 0 Å². The van der Waals surface area contributed by atoms with Crippen LogP contribution in [0.1, 0.15) is 28.3 Å². The fraction of sp³-hybridized carbons (Fsp3) is 0.368. The molecule has 1 N–H and O–H groups in total. The zero-order valence-electron chi connectivity index (χ0n) is 13.3. The fourth-order valence-corrected chi connectivity index (χ4v) is 3.40. The fourth-order valence-electron chi connectivity index (χ4n) is 3.40. The molecule has 0 aromatic heterocycles. The maximum absolute atomic E-state index is 13.7. The molecule has 3 rings (SSSR count). The number of benzene rings is 2. The van der Waals surface area contributed by atoms with Crippen molar-refractivity contribution in [2.75, 3.05) is 26.2 Å². The summed E-state index contributed by atoms with van der Waals surface area (Å²) in [6.45, 7) is 8.17. The van der Waals surface area contributed by atoms with E-state index in [0.717, 1.165) is 31.7 Å². The Labute approximate surface area is 132 Å². The Bertz CT molecular complexity index is 627. The minimum absolute atomic E-state index is 0.122. The molecule has 2 aromatic carbocycles. The van der Waals surface area contributed by atoms with Crippen molar-refractivity contribution in [3.63, 3.8) is 0 Å². The molecule has 1 aliphatic rings. The number of aryl methyl sites for hydroxylation is 2. The van der Waals surface area contributed by atoms with Crippen LogP contribution in [0, 0.1) is 19.7 Å². The summed E-state index contributed by atoms with van der Waals surface area (Å²) in [4.78, 5) is 2.44. The summed E-state index contributed by atoms with van der Waals surface area (Å²) in [5.74, 6) is -0.165. The van der Waals surface area contributed by atoms with Crippen molar-refractivity contribution >= 4 is 0 Å². The first-order valence-corrected chi connectivity index (χ1v) is 7.92. The monoisotopic (exact) mass is 298 g/mol. The van der Waals surface area contributed by atoms with Gasteiger partial charge in [-0.2, -0.15) is 0 Å². The van der Waals surface area contributed by atoms with Gasteiger partial charge in [0.25, 0.3) is 0 Å². The zero-order valence-corrected chi connectivity index (χ0v) is 13.3. The van der Waals surface area contributed by atoms with E-state index in [1.54, 1.807) is 6.07 Å². The third-order valence-electron chi connectivity index (χ3n) is 4.24. The van der Waals surface area contributed by atoms with E-state index < -0.39 is 0 Å². The van der Waals surface area contributed by atoms with Crippen molar-refractivity contribution in [2.24, 2.45) is 0 Å². The summed E-state index contributed by atoms with van der Waals surface area (Å²) in [6, 6.07) is 13.8. The number of rotatable bonds is 3. The average molecular weight is 298 g/mol. The van der Waals surface area contributed by atoms with Crippen LogP contribution in [-0.4, -0.2) is 31.1 Å². The Morgan fingerprint density at radius 2 is 1.64 bits per heavy atom. The molecule has 1 aliphatic heterocycles. The Morgan fingerprint density at radius 3 is 2.27 bits per heavy atom. The highest BCUT2D eigenvalue weighted by atomic mass is 19.1. The van der Waals surface area contributed by atoms with Crippen LogP contribution in [0.5, 0.6) is 0 Å². The van der Waals surface area contributed by atoms with E-state index in [-0.39, 0.29) is 11.9 Å². The molecule has 2 aromatic rings. The number of hydrogen-bond donors (Lipinski definition) is 1. The van der Waals surface area contributed by atoms with Gasteiger partial charge in [-0.1, -0.05) is 41.5 Å². The molecule has 0 radical (unpaired) electrons. The van der Waals surface area contributed by atoms with Gasteiger partial charge in [0, 0.05) is 26.2 Å². The summed E-state index contributed by atoms with van der Waals surface area (Å²) in [6.07, 6.45) is 0. The maximum Gasteiger partial charge on any atom is 0.123 e. The molecule has 0 saturated carbocycles. The minimum Gasteiger partial charge on any atom is -0.314 e. The van der Waals surface area contributed by atoms with Crippen molar-refractivity contribution < 1.29 is 4.39 Å². The number of nitrogens with zero attached hydrogens (tertiary/aromatic N) is 1. The first-order valence-electron chi connectivity index (χ1n) is 7.92. The van der Waals surface area contributed by atoms with Gasteiger partial charge in [-0.15, -0.1) is 0 Å². The third kappa shape index (κ3) is 3.37. The largest absolute Gasteiger partial charge is 0.314 e. The summed E-state index contributed by atoms with van der Waals surface area (Å²) >= 11 is 0. The lowest BCUT2D eigenvalue weighted by molar-refractivity contribution is 0.198. The normalized spacial score (nSPS) is 17.4. The molecule has 0 amide bonds. The van der Waals surface area contributed by atoms with E-state index >= 15 is 0 Å². The molecule has 22 heavy (non-hydrogen) atoms. The van der Waals surface area contributed by atoms with Crippen LogP contribution in [0.25, 0.3) is 0 Å². The summed E-state index contributed by atoms with van der Waals surface area (Å²) in [5.41, 5.74) is 4.80. The van der Waals surface area contributed by atoms with Crippen molar-refractivity contribution in [1.29, 1.82) is 0 Å². The van der Waals surface area contributed by atoms with Crippen LogP contribution >= 0.6 is 0 Å². The Balaban J connectivity index is 2.05. The summed E-state index contributed by atoms with van der Waals surface area (Å²) < 4.78 is 13.7. The molecule has 1 unspecified atom stereocenters. The topological polar surface area (TPSA) is 15.3 Å². The predicted octanol–water partition coefficient (Wildman–Crippen LogP) is 3.44. The van der Waals surface area contributed by atoms with Gasteiger partial charge in [0.1, 0.15) is 5.82 Å². The second-order valence-corrected chi connectivity index (χ2v) is 6.16. The molecule has 1 fully saturated rings. The molecule has 3 heteroatoms. The van der Waals surface area contributed by atoms with Gasteiger partial charge in [0.05, 0.1) is 6.04 Å². The molecular weight excluding hydrogens is 275 g/mol. The van der Waals surface area contributed by atoms with E-state index in [1.807, 2.05) is 12.1 Å². The highest BCUT2D eigenvalue weighted by molar-refractivity contribution is 5.37. The van der Waals surface area contributed by atoms with Gasteiger partial charge in [-0.3, -0.25) is 4.90 Å². The van der Waals surface area contributed by atoms with Crippen molar-refractivity contribution in [1.82, 2.24) is 10.2 Å². The predicted molar refractivity (Wildman–Crippen MR) is 88.6 cm³/mol. The number of halogens is 1. The molecule has 116 valence electrons. The van der Waals surface area contributed by atoms with Gasteiger partial charge in [0.2, 0.25) is 0 Å². The van der Waals surface area contributed by atoms with Crippen molar-refractivity contribution in [2.45, 2.75) is 19.9 Å². The second-order valence-electron chi connectivity index (χ2n) is 6.16. The molecule has 2 nitrogen and oxygen atoms in total.